The highest BCUT2D eigenvalue weighted by Crippen LogP contribution is 2.26. The average molecular weight is 364 g/mol. The van der Waals surface area contributed by atoms with Crippen LogP contribution in [-0.4, -0.2) is 43.7 Å². The Morgan fingerprint density at radius 1 is 1.35 bits per heavy atom. The van der Waals surface area contributed by atoms with E-state index in [2.05, 4.69) is 10.6 Å². The van der Waals surface area contributed by atoms with E-state index in [1.807, 2.05) is 0 Å². The molecule has 0 saturated carbocycles. The molecule has 0 bridgehead atoms. The fourth-order valence-electron chi connectivity index (χ4n) is 2.43. The van der Waals surface area contributed by atoms with E-state index in [0.29, 0.717) is 28.8 Å². The van der Waals surface area contributed by atoms with Gasteiger partial charge in [-0.1, -0.05) is 11.8 Å². The minimum absolute atomic E-state index is 0.0169. The van der Waals surface area contributed by atoms with E-state index < -0.39 is 21.1 Å². The first kappa shape index (κ1) is 18.0. The van der Waals surface area contributed by atoms with Gasteiger partial charge in [0.05, 0.1) is 23.6 Å². The molecule has 0 radical (unpaired) electrons. The van der Waals surface area contributed by atoms with Gasteiger partial charge in [0.15, 0.2) is 9.84 Å². The maximum atomic E-state index is 12.2. The van der Waals surface area contributed by atoms with Crippen molar-refractivity contribution in [1.29, 1.82) is 0 Å². The molecule has 1 saturated heterocycles. The second-order valence-electron chi connectivity index (χ2n) is 5.71. The molecule has 0 spiro atoms. The Kier molecular flexibility index (Phi) is 5.51. The molecular formula is C14H18F2N2O3S2. The number of halogens is 2. The van der Waals surface area contributed by atoms with Crippen LogP contribution in [-0.2, 0) is 14.6 Å². The molecule has 2 rings (SSSR count). The maximum absolute atomic E-state index is 12.2. The summed E-state index contributed by atoms with van der Waals surface area (Å²) in [5.41, 5.74) is -0.0991. The average Bonchev–Trinajstić information content (AvgIpc) is 2.71. The standard InChI is InChI=1S/C14H18F2N2O3S2/c1-14(6-7-23(20,21)9-14)18-12(19)8-17-10-2-4-11(5-3-10)22-13(15)16/h2-5,13,17H,6-9H2,1H3,(H,18,19)/t14-/m0/s1. The van der Waals surface area contributed by atoms with E-state index in [-0.39, 0.29) is 24.0 Å². The van der Waals surface area contributed by atoms with Crippen LogP contribution in [0.15, 0.2) is 29.2 Å². The summed E-state index contributed by atoms with van der Waals surface area (Å²) in [6, 6.07) is 6.31. The Labute approximate surface area is 138 Å². The van der Waals surface area contributed by atoms with Crippen molar-refractivity contribution in [3.8, 4) is 0 Å². The zero-order valence-electron chi connectivity index (χ0n) is 12.5. The molecular weight excluding hydrogens is 346 g/mol. The number of hydrogen-bond donors (Lipinski definition) is 2. The Balaban J connectivity index is 1.83. The number of alkyl halides is 2. The van der Waals surface area contributed by atoms with Crippen LogP contribution in [0.4, 0.5) is 14.5 Å². The van der Waals surface area contributed by atoms with Crippen molar-refractivity contribution >= 4 is 33.2 Å². The van der Waals surface area contributed by atoms with E-state index in [1.54, 1.807) is 31.2 Å². The summed E-state index contributed by atoms with van der Waals surface area (Å²) in [7, 11) is -3.08. The first-order valence-corrected chi connectivity index (χ1v) is 9.68. The maximum Gasteiger partial charge on any atom is 0.288 e. The van der Waals surface area contributed by atoms with E-state index in [0.717, 1.165) is 0 Å². The van der Waals surface area contributed by atoms with Crippen molar-refractivity contribution in [2.45, 2.75) is 29.5 Å². The number of sulfone groups is 1. The molecule has 0 unspecified atom stereocenters. The number of rotatable bonds is 6. The SMILES string of the molecule is C[C@]1(NC(=O)CNc2ccc(SC(F)F)cc2)CCS(=O)(=O)C1. The van der Waals surface area contributed by atoms with Crippen molar-refractivity contribution in [3.05, 3.63) is 24.3 Å². The van der Waals surface area contributed by atoms with Crippen molar-refractivity contribution in [2.75, 3.05) is 23.4 Å². The summed E-state index contributed by atoms with van der Waals surface area (Å²) >= 11 is 0.455. The summed E-state index contributed by atoms with van der Waals surface area (Å²) < 4.78 is 47.4. The monoisotopic (exact) mass is 364 g/mol. The highest BCUT2D eigenvalue weighted by molar-refractivity contribution is 7.99. The van der Waals surface area contributed by atoms with Crippen LogP contribution < -0.4 is 10.6 Å². The number of nitrogens with one attached hydrogen (secondary N) is 2. The molecule has 1 amide bonds. The number of carbonyl (C=O) groups excluding carboxylic acids is 1. The van der Waals surface area contributed by atoms with Gasteiger partial charge in [-0.3, -0.25) is 4.79 Å². The molecule has 5 nitrogen and oxygen atoms in total. The van der Waals surface area contributed by atoms with Crippen molar-refractivity contribution in [3.63, 3.8) is 0 Å². The Morgan fingerprint density at radius 3 is 2.52 bits per heavy atom. The Hall–Kier alpha value is -1.35. The molecule has 1 aromatic rings. The number of thioether (sulfide) groups is 1. The summed E-state index contributed by atoms with van der Waals surface area (Å²) in [6.07, 6.45) is 0.403. The van der Waals surface area contributed by atoms with Gasteiger partial charge in [0.1, 0.15) is 0 Å². The van der Waals surface area contributed by atoms with Gasteiger partial charge >= 0.3 is 0 Å². The molecule has 1 aromatic carbocycles. The first-order chi connectivity index (χ1) is 10.7. The predicted molar refractivity (Wildman–Crippen MR) is 86.6 cm³/mol. The lowest BCUT2D eigenvalue weighted by Crippen LogP contribution is -2.48. The third kappa shape index (κ3) is 5.65. The number of hydrogen-bond acceptors (Lipinski definition) is 5. The minimum Gasteiger partial charge on any atom is -0.376 e. The molecule has 1 atom stereocenters. The van der Waals surface area contributed by atoms with Gasteiger partial charge in [-0.05, 0) is 37.6 Å². The van der Waals surface area contributed by atoms with Crippen molar-refractivity contribution in [1.82, 2.24) is 5.32 Å². The number of benzene rings is 1. The van der Waals surface area contributed by atoms with E-state index in [4.69, 9.17) is 0 Å². The number of carbonyl (C=O) groups is 1. The van der Waals surface area contributed by atoms with Gasteiger partial charge in [0.2, 0.25) is 5.91 Å². The molecule has 1 heterocycles. The van der Waals surface area contributed by atoms with Crippen LogP contribution in [0.2, 0.25) is 0 Å². The highest BCUT2D eigenvalue weighted by Gasteiger charge is 2.39. The third-order valence-corrected chi connectivity index (χ3v) is 6.10. The summed E-state index contributed by atoms with van der Waals surface area (Å²) in [5, 5.41) is 5.61. The molecule has 1 aliphatic heterocycles. The fourth-order valence-corrected chi connectivity index (χ4v) is 5.02. The van der Waals surface area contributed by atoms with Crippen LogP contribution in [0.3, 0.4) is 0 Å². The quantitative estimate of drug-likeness (QED) is 0.756. The highest BCUT2D eigenvalue weighted by atomic mass is 32.2. The second-order valence-corrected chi connectivity index (χ2v) is 8.95. The fraction of sp³-hybridized carbons (Fsp3) is 0.500. The topological polar surface area (TPSA) is 75.3 Å². The van der Waals surface area contributed by atoms with E-state index in [1.165, 1.54) is 0 Å². The second kappa shape index (κ2) is 7.04. The largest absolute Gasteiger partial charge is 0.376 e. The van der Waals surface area contributed by atoms with Gasteiger partial charge in [0, 0.05) is 10.6 Å². The van der Waals surface area contributed by atoms with Gasteiger partial charge in [-0.2, -0.15) is 8.78 Å². The summed E-state index contributed by atoms with van der Waals surface area (Å²) in [5.74, 6) is -2.75. The molecule has 1 aliphatic rings. The van der Waals surface area contributed by atoms with Crippen LogP contribution in [0.5, 0.6) is 0 Å². The first-order valence-electron chi connectivity index (χ1n) is 6.98. The van der Waals surface area contributed by atoms with E-state index in [9.17, 15) is 22.0 Å². The van der Waals surface area contributed by atoms with Gasteiger partial charge in [-0.15, -0.1) is 0 Å². The van der Waals surface area contributed by atoms with E-state index >= 15 is 0 Å². The molecule has 2 N–H and O–H groups in total. The summed E-state index contributed by atoms with van der Waals surface area (Å²) in [4.78, 5) is 12.4. The Bertz CT molecular complexity index is 665. The minimum atomic E-state index is -3.08. The van der Waals surface area contributed by atoms with Crippen LogP contribution in [0, 0.1) is 0 Å². The molecule has 1 fully saturated rings. The molecule has 9 heteroatoms. The molecule has 0 aliphatic carbocycles. The number of anilines is 1. The lowest BCUT2D eigenvalue weighted by Gasteiger charge is -2.24. The van der Waals surface area contributed by atoms with Crippen LogP contribution >= 0.6 is 11.8 Å². The third-order valence-electron chi connectivity index (χ3n) is 3.48. The smallest absolute Gasteiger partial charge is 0.288 e. The van der Waals surface area contributed by atoms with Gasteiger partial charge < -0.3 is 10.6 Å². The van der Waals surface area contributed by atoms with Gasteiger partial charge in [0.25, 0.3) is 5.76 Å². The van der Waals surface area contributed by atoms with Crippen LogP contribution in [0.1, 0.15) is 13.3 Å². The zero-order valence-corrected chi connectivity index (χ0v) is 14.1. The predicted octanol–water partition coefficient (Wildman–Crippen LogP) is 2.11. The van der Waals surface area contributed by atoms with Gasteiger partial charge in [-0.25, -0.2) is 8.42 Å². The number of amides is 1. The molecule has 128 valence electrons. The van der Waals surface area contributed by atoms with Crippen molar-refractivity contribution in [2.24, 2.45) is 0 Å². The lowest BCUT2D eigenvalue weighted by atomic mass is 10.0. The molecule has 0 aromatic heterocycles. The Morgan fingerprint density at radius 2 is 2.00 bits per heavy atom. The lowest BCUT2D eigenvalue weighted by molar-refractivity contribution is -0.120. The van der Waals surface area contributed by atoms with Crippen molar-refractivity contribution < 1.29 is 22.0 Å². The molecule has 23 heavy (non-hydrogen) atoms. The zero-order chi connectivity index (χ0) is 17.1. The normalized spacial score (nSPS) is 23.0. The van der Waals surface area contributed by atoms with Crippen LogP contribution in [0.25, 0.3) is 0 Å². The summed E-state index contributed by atoms with van der Waals surface area (Å²) in [6.45, 7) is 1.70.